The molecule has 0 aromatic carbocycles. The van der Waals surface area contributed by atoms with Gasteiger partial charge in [-0.05, 0) is 51.5 Å². The van der Waals surface area contributed by atoms with Gasteiger partial charge in [0.25, 0.3) is 5.91 Å². The fourth-order valence-electron chi connectivity index (χ4n) is 3.93. The minimum atomic E-state index is -0.622. The molecule has 8 heteroatoms. The SMILES string of the molecule is CC(C)(CO)NC(=O)C[C@H]1CC[C@@H](CNC(=O)c2cc(C#N)c[nH]2)N1CC1CC1. The average molecular weight is 402 g/mol. The summed E-state index contributed by atoms with van der Waals surface area (Å²) in [6, 6.07) is 3.91. The zero-order valence-corrected chi connectivity index (χ0v) is 17.2. The van der Waals surface area contributed by atoms with Crippen LogP contribution in [0.2, 0.25) is 0 Å². The van der Waals surface area contributed by atoms with Crippen LogP contribution in [0.4, 0.5) is 0 Å². The second-order valence-corrected chi connectivity index (χ2v) is 8.94. The number of aliphatic hydroxyl groups is 1. The van der Waals surface area contributed by atoms with E-state index in [0.717, 1.165) is 19.4 Å². The molecule has 0 unspecified atom stereocenters. The molecule has 158 valence electrons. The van der Waals surface area contributed by atoms with Gasteiger partial charge in [0.15, 0.2) is 0 Å². The second kappa shape index (κ2) is 8.97. The van der Waals surface area contributed by atoms with E-state index in [9.17, 15) is 14.7 Å². The summed E-state index contributed by atoms with van der Waals surface area (Å²) in [5.74, 6) is 0.422. The highest BCUT2D eigenvalue weighted by molar-refractivity contribution is 5.92. The van der Waals surface area contributed by atoms with E-state index in [-0.39, 0.29) is 30.5 Å². The Morgan fingerprint density at radius 2 is 2.03 bits per heavy atom. The number of hydrogen-bond acceptors (Lipinski definition) is 5. The normalized spacial score (nSPS) is 22.3. The molecule has 2 heterocycles. The highest BCUT2D eigenvalue weighted by Gasteiger charge is 2.38. The number of nitrogens with one attached hydrogen (secondary N) is 3. The predicted octanol–water partition coefficient (Wildman–Crippen LogP) is 1.14. The Morgan fingerprint density at radius 3 is 2.66 bits per heavy atom. The number of aliphatic hydroxyl groups excluding tert-OH is 1. The van der Waals surface area contributed by atoms with Crippen molar-refractivity contribution < 1.29 is 14.7 Å². The molecule has 0 radical (unpaired) electrons. The van der Waals surface area contributed by atoms with E-state index in [2.05, 4.69) is 20.5 Å². The number of amides is 2. The smallest absolute Gasteiger partial charge is 0.267 e. The summed E-state index contributed by atoms with van der Waals surface area (Å²) in [7, 11) is 0. The van der Waals surface area contributed by atoms with Gasteiger partial charge in [-0.25, -0.2) is 0 Å². The molecular formula is C21H31N5O3. The maximum atomic E-state index is 12.5. The Hall–Kier alpha value is -2.37. The highest BCUT2D eigenvalue weighted by Crippen LogP contribution is 2.35. The molecule has 0 bridgehead atoms. The van der Waals surface area contributed by atoms with Gasteiger partial charge >= 0.3 is 0 Å². The minimum Gasteiger partial charge on any atom is -0.394 e. The van der Waals surface area contributed by atoms with Gasteiger partial charge in [-0.2, -0.15) is 5.26 Å². The van der Waals surface area contributed by atoms with Crippen molar-refractivity contribution >= 4 is 11.8 Å². The molecule has 1 saturated carbocycles. The maximum absolute atomic E-state index is 12.5. The van der Waals surface area contributed by atoms with Crippen molar-refractivity contribution in [3.63, 3.8) is 0 Å². The quantitative estimate of drug-likeness (QED) is 0.494. The summed E-state index contributed by atoms with van der Waals surface area (Å²) < 4.78 is 0. The Labute approximate surface area is 171 Å². The Bertz CT molecular complexity index is 778. The van der Waals surface area contributed by atoms with E-state index in [1.165, 1.54) is 19.0 Å². The van der Waals surface area contributed by atoms with Crippen LogP contribution >= 0.6 is 0 Å². The van der Waals surface area contributed by atoms with Crippen LogP contribution in [-0.2, 0) is 4.79 Å². The van der Waals surface area contributed by atoms with Crippen LogP contribution in [0.5, 0.6) is 0 Å². The van der Waals surface area contributed by atoms with Gasteiger partial charge in [0, 0.05) is 37.8 Å². The van der Waals surface area contributed by atoms with Crippen molar-refractivity contribution in [1.82, 2.24) is 20.5 Å². The van der Waals surface area contributed by atoms with Crippen molar-refractivity contribution in [2.75, 3.05) is 19.7 Å². The number of H-pyrrole nitrogens is 1. The molecule has 2 aliphatic rings. The van der Waals surface area contributed by atoms with Gasteiger partial charge in [0.1, 0.15) is 11.8 Å². The van der Waals surface area contributed by atoms with Crippen LogP contribution in [0.3, 0.4) is 0 Å². The number of aromatic nitrogens is 1. The molecule has 29 heavy (non-hydrogen) atoms. The van der Waals surface area contributed by atoms with Gasteiger partial charge in [0.05, 0.1) is 17.7 Å². The summed E-state index contributed by atoms with van der Waals surface area (Å²) in [4.78, 5) is 30.0. The lowest BCUT2D eigenvalue weighted by Gasteiger charge is -2.31. The van der Waals surface area contributed by atoms with Crippen LogP contribution in [-0.4, -0.2) is 64.1 Å². The fourth-order valence-corrected chi connectivity index (χ4v) is 3.93. The molecule has 1 aromatic heterocycles. The lowest BCUT2D eigenvalue weighted by Crippen LogP contribution is -2.49. The lowest BCUT2D eigenvalue weighted by atomic mass is 10.1. The molecule has 1 aromatic rings. The van der Waals surface area contributed by atoms with E-state index in [0.29, 0.717) is 30.1 Å². The number of nitriles is 1. The molecule has 2 amide bonds. The standard InChI is InChI=1S/C21H31N5O3/c1-21(2,13-27)25-19(28)8-16-5-6-17(26(16)12-14-3-4-14)11-24-20(29)18-7-15(9-22)10-23-18/h7,10,14,16-17,23,27H,3-6,8,11-13H2,1-2H3,(H,24,29)(H,25,28)/t16-,17+/m1/s1. The molecule has 1 saturated heterocycles. The van der Waals surface area contributed by atoms with Gasteiger partial charge in [-0.1, -0.05) is 0 Å². The van der Waals surface area contributed by atoms with E-state index in [1.807, 2.05) is 6.07 Å². The van der Waals surface area contributed by atoms with Crippen molar-refractivity contribution in [1.29, 1.82) is 5.26 Å². The highest BCUT2D eigenvalue weighted by atomic mass is 16.3. The third-order valence-electron chi connectivity index (χ3n) is 5.79. The number of nitrogens with zero attached hydrogens (tertiary/aromatic N) is 2. The summed E-state index contributed by atoms with van der Waals surface area (Å²) in [5, 5.41) is 24.1. The zero-order chi connectivity index (χ0) is 21.0. The van der Waals surface area contributed by atoms with E-state index >= 15 is 0 Å². The first-order valence-electron chi connectivity index (χ1n) is 10.4. The molecule has 4 N–H and O–H groups in total. The van der Waals surface area contributed by atoms with Crippen LogP contribution in [0.15, 0.2) is 12.3 Å². The summed E-state index contributed by atoms with van der Waals surface area (Å²) in [6.07, 6.45) is 6.23. The molecule has 1 aliphatic heterocycles. The molecule has 2 atom stereocenters. The molecule has 3 rings (SSSR count). The number of hydrogen-bond donors (Lipinski definition) is 4. The van der Waals surface area contributed by atoms with Crippen LogP contribution in [0.25, 0.3) is 0 Å². The van der Waals surface area contributed by atoms with Gasteiger partial charge in [-0.15, -0.1) is 0 Å². The van der Waals surface area contributed by atoms with Gasteiger partial charge in [-0.3, -0.25) is 14.5 Å². The number of carbonyl (C=O) groups excluding carboxylic acids is 2. The Kier molecular flexibility index (Phi) is 6.60. The minimum absolute atomic E-state index is 0.0463. The van der Waals surface area contributed by atoms with Crippen LogP contribution in [0.1, 0.15) is 62.0 Å². The van der Waals surface area contributed by atoms with E-state index in [4.69, 9.17) is 5.26 Å². The average Bonchev–Trinajstić information content (AvgIpc) is 3.23. The summed E-state index contributed by atoms with van der Waals surface area (Å²) in [5.41, 5.74) is 0.196. The first kappa shape index (κ1) is 21.3. The number of aromatic amines is 1. The first-order valence-corrected chi connectivity index (χ1v) is 10.4. The number of likely N-dealkylation sites (tertiary alicyclic amines) is 1. The fraction of sp³-hybridized carbons (Fsp3) is 0.667. The van der Waals surface area contributed by atoms with Crippen molar-refractivity contribution in [3.8, 4) is 6.07 Å². The molecule has 2 fully saturated rings. The predicted molar refractivity (Wildman–Crippen MR) is 108 cm³/mol. The molecule has 0 spiro atoms. The molecule has 1 aliphatic carbocycles. The number of carbonyl (C=O) groups is 2. The Balaban J connectivity index is 1.56. The third kappa shape index (κ3) is 5.81. The Morgan fingerprint density at radius 1 is 1.31 bits per heavy atom. The van der Waals surface area contributed by atoms with Crippen LogP contribution in [0, 0.1) is 17.2 Å². The number of rotatable bonds is 9. The maximum Gasteiger partial charge on any atom is 0.267 e. The van der Waals surface area contributed by atoms with Crippen molar-refractivity contribution in [2.45, 2.75) is 63.6 Å². The molecule has 8 nitrogen and oxygen atoms in total. The first-order chi connectivity index (χ1) is 13.8. The largest absolute Gasteiger partial charge is 0.394 e. The zero-order valence-electron chi connectivity index (χ0n) is 17.2. The molecular weight excluding hydrogens is 370 g/mol. The lowest BCUT2D eigenvalue weighted by molar-refractivity contribution is -0.124. The summed E-state index contributed by atoms with van der Waals surface area (Å²) >= 11 is 0. The van der Waals surface area contributed by atoms with Crippen molar-refractivity contribution in [3.05, 3.63) is 23.5 Å². The van der Waals surface area contributed by atoms with Crippen LogP contribution < -0.4 is 10.6 Å². The summed E-state index contributed by atoms with van der Waals surface area (Å²) in [6.45, 7) is 4.99. The topological polar surface area (TPSA) is 121 Å². The van der Waals surface area contributed by atoms with Gasteiger partial charge in [0.2, 0.25) is 5.91 Å². The monoisotopic (exact) mass is 401 g/mol. The third-order valence-corrected chi connectivity index (χ3v) is 5.79. The van der Waals surface area contributed by atoms with Gasteiger partial charge < -0.3 is 20.7 Å². The van der Waals surface area contributed by atoms with E-state index in [1.54, 1.807) is 19.9 Å². The second-order valence-electron chi connectivity index (χ2n) is 8.94. The van der Waals surface area contributed by atoms with Crippen molar-refractivity contribution in [2.24, 2.45) is 5.92 Å². The van der Waals surface area contributed by atoms with E-state index < -0.39 is 5.54 Å².